The normalized spacial score (nSPS) is 13.3. The van der Waals surface area contributed by atoms with Gasteiger partial charge in [0.1, 0.15) is 5.75 Å². The van der Waals surface area contributed by atoms with E-state index in [0.29, 0.717) is 0 Å². The predicted molar refractivity (Wildman–Crippen MR) is 86.6 cm³/mol. The van der Waals surface area contributed by atoms with E-state index in [1.165, 1.54) is 22.4 Å². The van der Waals surface area contributed by atoms with Crippen molar-refractivity contribution in [1.29, 1.82) is 0 Å². The quantitative estimate of drug-likeness (QED) is 0.921. The summed E-state index contributed by atoms with van der Waals surface area (Å²) in [7, 11) is 1.99. The lowest BCUT2D eigenvalue weighted by atomic mass is 10.1. The van der Waals surface area contributed by atoms with Crippen LogP contribution in [0.5, 0.6) is 5.75 Å². The van der Waals surface area contributed by atoms with Gasteiger partial charge >= 0.3 is 0 Å². The molecular formula is C16H20BrN3O. The fourth-order valence-electron chi connectivity index (χ4n) is 2.87. The van der Waals surface area contributed by atoms with Gasteiger partial charge in [-0.1, -0.05) is 15.9 Å². The van der Waals surface area contributed by atoms with Crippen LogP contribution in [-0.4, -0.2) is 16.4 Å². The molecule has 0 aliphatic carbocycles. The van der Waals surface area contributed by atoms with E-state index in [0.717, 1.165) is 42.0 Å². The van der Waals surface area contributed by atoms with Crippen LogP contribution in [0.3, 0.4) is 0 Å². The number of fused-ring (bicyclic) bond motifs is 1. The van der Waals surface area contributed by atoms with Crippen molar-refractivity contribution in [3.8, 4) is 5.75 Å². The molecule has 0 fully saturated rings. The molecule has 5 heteroatoms. The number of halogens is 1. The van der Waals surface area contributed by atoms with Crippen LogP contribution in [0, 0.1) is 13.8 Å². The Kier molecular flexibility index (Phi) is 4.04. The van der Waals surface area contributed by atoms with Gasteiger partial charge in [0, 0.05) is 47.9 Å². The maximum absolute atomic E-state index is 5.76. The van der Waals surface area contributed by atoms with Crippen molar-refractivity contribution in [3.05, 3.63) is 44.7 Å². The number of hydrogen-bond donors (Lipinski definition) is 1. The third kappa shape index (κ3) is 2.85. The van der Waals surface area contributed by atoms with E-state index in [1.807, 2.05) is 11.7 Å². The molecular weight excluding hydrogens is 330 g/mol. The molecule has 4 nitrogen and oxygen atoms in total. The van der Waals surface area contributed by atoms with Gasteiger partial charge in [-0.3, -0.25) is 4.68 Å². The van der Waals surface area contributed by atoms with Crippen LogP contribution in [0.4, 0.5) is 0 Å². The van der Waals surface area contributed by atoms with Gasteiger partial charge in [0.05, 0.1) is 12.3 Å². The van der Waals surface area contributed by atoms with Gasteiger partial charge < -0.3 is 10.1 Å². The number of benzene rings is 1. The lowest BCUT2D eigenvalue weighted by molar-refractivity contribution is 0.352. The first-order valence-corrected chi connectivity index (χ1v) is 7.99. The van der Waals surface area contributed by atoms with Crippen molar-refractivity contribution in [2.45, 2.75) is 33.4 Å². The van der Waals surface area contributed by atoms with Crippen LogP contribution in [0.2, 0.25) is 0 Å². The van der Waals surface area contributed by atoms with Crippen molar-refractivity contribution in [1.82, 2.24) is 15.1 Å². The molecule has 1 aliphatic heterocycles. The monoisotopic (exact) mass is 349 g/mol. The minimum atomic E-state index is 0.791. The third-order valence-corrected chi connectivity index (χ3v) is 4.56. The first kappa shape index (κ1) is 14.6. The van der Waals surface area contributed by atoms with E-state index >= 15 is 0 Å². The molecule has 0 bridgehead atoms. The first-order valence-electron chi connectivity index (χ1n) is 7.20. The maximum Gasteiger partial charge on any atom is 0.127 e. The van der Waals surface area contributed by atoms with E-state index < -0.39 is 0 Å². The average Bonchev–Trinajstić information content (AvgIpc) is 2.98. The zero-order valence-electron chi connectivity index (χ0n) is 12.7. The first-order chi connectivity index (χ1) is 10.1. The molecule has 21 heavy (non-hydrogen) atoms. The predicted octanol–water partition coefficient (Wildman–Crippen LogP) is 3.02. The smallest absolute Gasteiger partial charge is 0.127 e. The summed E-state index contributed by atoms with van der Waals surface area (Å²) in [6.45, 7) is 6.59. The van der Waals surface area contributed by atoms with Gasteiger partial charge in [-0.05, 0) is 31.5 Å². The Balaban J connectivity index is 1.71. The SMILES string of the molecule is Cc1nn(C)c(C)c1CNCc1cc(Br)cc2c1OCC2. The summed E-state index contributed by atoms with van der Waals surface area (Å²) in [6.07, 6.45) is 1.00. The van der Waals surface area contributed by atoms with Crippen LogP contribution < -0.4 is 10.1 Å². The van der Waals surface area contributed by atoms with Crippen molar-refractivity contribution in [2.75, 3.05) is 6.61 Å². The number of aryl methyl sites for hydroxylation is 2. The summed E-state index contributed by atoms with van der Waals surface area (Å²) in [4.78, 5) is 0. The molecule has 0 amide bonds. The molecule has 1 aromatic carbocycles. The van der Waals surface area contributed by atoms with E-state index in [-0.39, 0.29) is 0 Å². The molecule has 0 atom stereocenters. The second kappa shape index (κ2) is 5.81. The standard InChI is InChI=1S/C16H20BrN3O/c1-10-15(11(2)20(3)19-10)9-18-8-13-7-14(17)6-12-4-5-21-16(12)13/h6-7,18H,4-5,8-9H2,1-3H3. The lowest BCUT2D eigenvalue weighted by Gasteiger charge is -2.10. The Bertz CT molecular complexity index is 679. The molecule has 1 aliphatic rings. The molecule has 2 aromatic rings. The zero-order chi connectivity index (χ0) is 15.0. The van der Waals surface area contributed by atoms with Gasteiger partial charge in [-0.25, -0.2) is 0 Å². The highest BCUT2D eigenvalue weighted by molar-refractivity contribution is 9.10. The van der Waals surface area contributed by atoms with Gasteiger partial charge in [-0.15, -0.1) is 0 Å². The van der Waals surface area contributed by atoms with E-state index in [4.69, 9.17) is 4.74 Å². The minimum Gasteiger partial charge on any atom is -0.493 e. The van der Waals surface area contributed by atoms with Gasteiger partial charge in [0.15, 0.2) is 0 Å². The number of nitrogens with one attached hydrogen (secondary N) is 1. The molecule has 0 spiro atoms. The largest absolute Gasteiger partial charge is 0.493 e. The van der Waals surface area contributed by atoms with Crippen LogP contribution in [-0.2, 0) is 26.6 Å². The molecule has 0 radical (unpaired) electrons. The van der Waals surface area contributed by atoms with E-state index in [2.05, 4.69) is 52.3 Å². The van der Waals surface area contributed by atoms with E-state index in [9.17, 15) is 0 Å². The Morgan fingerprint density at radius 2 is 2.14 bits per heavy atom. The highest BCUT2D eigenvalue weighted by atomic mass is 79.9. The van der Waals surface area contributed by atoms with Crippen LogP contribution in [0.25, 0.3) is 0 Å². The summed E-state index contributed by atoms with van der Waals surface area (Å²) < 4.78 is 8.82. The Morgan fingerprint density at radius 3 is 2.86 bits per heavy atom. The molecule has 0 saturated carbocycles. The lowest BCUT2D eigenvalue weighted by Crippen LogP contribution is -2.14. The number of nitrogens with zero attached hydrogens (tertiary/aromatic N) is 2. The number of hydrogen-bond acceptors (Lipinski definition) is 3. The highest BCUT2D eigenvalue weighted by Gasteiger charge is 2.17. The van der Waals surface area contributed by atoms with Crippen molar-refractivity contribution < 1.29 is 4.74 Å². The third-order valence-electron chi connectivity index (χ3n) is 4.10. The van der Waals surface area contributed by atoms with Gasteiger partial charge in [0.2, 0.25) is 0 Å². The second-order valence-electron chi connectivity index (χ2n) is 5.53. The molecule has 1 aromatic heterocycles. The Labute approximate surface area is 133 Å². The second-order valence-corrected chi connectivity index (χ2v) is 6.44. The van der Waals surface area contributed by atoms with Gasteiger partial charge in [-0.2, -0.15) is 5.10 Å². The molecule has 1 N–H and O–H groups in total. The summed E-state index contributed by atoms with van der Waals surface area (Å²) >= 11 is 3.58. The molecule has 3 rings (SSSR count). The number of ether oxygens (including phenoxy) is 1. The summed E-state index contributed by atoms with van der Waals surface area (Å²) in [6, 6.07) is 4.29. The fourth-order valence-corrected chi connectivity index (χ4v) is 3.43. The molecule has 112 valence electrons. The molecule has 2 heterocycles. The van der Waals surface area contributed by atoms with Crippen molar-refractivity contribution in [3.63, 3.8) is 0 Å². The van der Waals surface area contributed by atoms with Crippen molar-refractivity contribution in [2.24, 2.45) is 7.05 Å². The summed E-state index contributed by atoms with van der Waals surface area (Å²) in [5.41, 5.74) is 6.12. The van der Waals surface area contributed by atoms with Gasteiger partial charge in [0.25, 0.3) is 0 Å². The van der Waals surface area contributed by atoms with E-state index in [1.54, 1.807) is 0 Å². The number of rotatable bonds is 4. The summed E-state index contributed by atoms with van der Waals surface area (Å²) in [5, 5.41) is 7.97. The molecule has 0 unspecified atom stereocenters. The number of aromatic nitrogens is 2. The fraction of sp³-hybridized carbons (Fsp3) is 0.438. The topological polar surface area (TPSA) is 39.1 Å². The highest BCUT2D eigenvalue weighted by Crippen LogP contribution is 2.32. The van der Waals surface area contributed by atoms with Crippen LogP contribution >= 0.6 is 15.9 Å². The Morgan fingerprint density at radius 1 is 1.33 bits per heavy atom. The minimum absolute atomic E-state index is 0.791. The average molecular weight is 350 g/mol. The van der Waals surface area contributed by atoms with Crippen molar-refractivity contribution >= 4 is 15.9 Å². The zero-order valence-corrected chi connectivity index (χ0v) is 14.2. The maximum atomic E-state index is 5.76. The Hall–Kier alpha value is -1.33. The van der Waals surface area contributed by atoms with Crippen LogP contribution in [0.15, 0.2) is 16.6 Å². The summed E-state index contributed by atoms with van der Waals surface area (Å²) in [5.74, 6) is 1.06. The molecule has 0 saturated heterocycles. The van der Waals surface area contributed by atoms with Crippen LogP contribution in [0.1, 0.15) is 28.1 Å².